The molecule has 1 saturated heterocycles. The van der Waals surface area contributed by atoms with Crippen molar-refractivity contribution in [2.24, 2.45) is 11.1 Å². The molecule has 0 saturated carbocycles. The molecule has 1 fully saturated rings. The first kappa shape index (κ1) is 15.4. The van der Waals surface area contributed by atoms with Crippen LogP contribution < -0.4 is 5.73 Å². The monoisotopic (exact) mass is 255 g/mol. The highest BCUT2D eigenvalue weighted by molar-refractivity contribution is 5.82. The van der Waals surface area contributed by atoms with Gasteiger partial charge in [-0.1, -0.05) is 20.8 Å². The van der Waals surface area contributed by atoms with Crippen molar-refractivity contribution in [2.75, 3.05) is 26.2 Å². The summed E-state index contributed by atoms with van der Waals surface area (Å²) in [6, 6.07) is 0. The summed E-state index contributed by atoms with van der Waals surface area (Å²) in [5.41, 5.74) is 5.44. The summed E-state index contributed by atoms with van der Waals surface area (Å²) in [6.45, 7) is 10.3. The average molecular weight is 255 g/mol. The van der Waals surface area contributed by atoms with Gasteiger partial charge in [0.15, 0.2) is 0 Å². The van der Waals surface area contributed by atoms with E-state index in [1.807, 2.05) is 13.8 Å². The van der Waals surface area contributed by atoms with E-state index in [0.717, 1.165) is 39.1 Å². The van der Waals surface area contributed by atoms with Crippen LogP contribution in [-0.2, 0) is 4.74 Å². The Morgan fingerprint density at radius 2 is 2.22 bits per heavy atom. The van der Waals surface area contributed by atoms with Gasteiger partial charge in [-0.2, -0.15) is 0 Å². The Morgan fingerprint density at radius 3 is 2.83 bits per heavy atom. The van der Waals surface area contributed by atoms with Crippen molar-refractivity contribution >= 4 is 5.84 Å². The predicted octanol–water partition coefficient (Wildman–Crippen LogP) is 2.23. The lowest BCUT2D eigenvalue weighted by Gasteiger charge is -2.34. The quantitative estimate of drug-likeness (QED) is 0.541. The Morgan fingerprint density at radius 1 is 1.50 bits per heavy atom. The van der Waals surface area contributed by atoms with Gasteiger partial charge in [-0.15, -0.1) is 0 Å². The second kappa shape index (κ2) is 7.10. The number of hydrogen-bond donors (Lipinski definition) is 2. The number of nitrogens with one attached hydrogen (secondary N) is 1. The number of nitrogens with two attached hydrogens (primary N) is 1. The standard InChI is InChI=1S/C14H29N3O/c1-4-10-18-12-6-5-8-17(11-12)9-7-14(2,3)13(15)16/h12H,4-11H2,1-3H3,(H3,15,16). The first-order valence-corrected chi connectivity index (χ1v) is 7.14. The minimum atomic E-state index is -0.183. The molecule has 1 rings (SSSR count). The molecule has 3 N–H and O–H groups in total. The van der Waals surface area contributed by atoms with Gasteiger partial charge in [0.05, 0.1) is 11.9 Å². The van der Waals surface area contributed by atoms with E-state index in [-0.39, 0.29) is 5.41 Å². The largest absolute Gasteiger partial charge is 0.387 e. The highest BCUT2D eigenvalue weighted by Gasteiger charge is 2.25. The average Bonchev–Trinajstić information content (AvgIpc) is 2.34. The molecule has 0 aromatic carbocycles. The van der Waals surface area contributed by atoms with Crippen LogP contribution in [0, 0.1) is 10.8 Å². The molecule has 1 aliphatic rings. The summed E-state index contributed by atoms with van der Waals surface area (Å²) < 4.78 is 5.83. The molecule has 1 unspecified atom stereocenters. The molecule has 1 atom stereocenters. The molecule has 4 nitrogen and oxygen atoms in total. The van der Waals surface area contributed by atoms with Crippen LogP contribution in [-0.4, -0.2) is 43.1 Å². The fourth-order valence-electron chi connectivity index (χ4n) is 2.21. The van der Waals surface area contributed by atoms with Gasteiger partial charge in [-0.05, 0) is 38.8 Å². The molecule has 0 spiro atoms. The maximum Gasteiger partial charge on any atom is 0.0963 e. The molecule has 0 aromatic heterocycles. The number of nitrogens with zero attached hydrogens (tertiary/aromatic N) is 1. The summed E-state index contributed by atoms with van der Waals surface area (Å²) in [6.07, 6.45) is 4.84. The van der Waals surface area contributed by atoms with E-state index in [1.165, 1.54) is 12.8 Å². The summed E-state index contributed by atoms with van der Waals surface area (Å²) in [4.78, 5) is 2.45. The van der Waals surface area contributed by atoms with Gasteiger partial charge < -0.3 is 15.4 Å². The van der Waals surface area contributed by atoms with Crippen LogP contribution in [0.15, 0.2) is 0 Å². The molecular formula is C14H29N3O. The Kier molecular flexibility index (Phi) is 6.09. The summed E-state index contributed by atoms with van der Waals surface area (Å²) in [7, 11) is 0. The van der Waals surface area contributed by atoms with E-state index >= 15 is 0 Å². The first-order valence-electron chi connectivity index (χ1n) is 7.14. The molecule has 106 valence electrons. The molecule has 0 amide bonds. The summed E-state index contributed by atoms with van der Waals surface area (Å²) >= 11 is 0. The number of rotatable bonds is 7. The number of amidine groups is 1. The number of ether oxygens (including phenoxy) is 1. The van der Waals surface area contributed by atoms with Gasteiger partial charge in [0.1, 0.15) is 0 Å². The third-order valence-corrected chi connectivity index (χ3v) is 3.80. The van der Waals surface area contributed by atoms with E-state index in [1.54, 1.807) is 0 Å². The van der Waals surface area contributed by atoms with Gasteiger partial charge in [0.25, 0.3) is 0 Å². The van der Waals surface area contributed by atoms with Crippen LogP contribution in [0.2, 0.25) is 0 Å². The number of likely N-dealkylation sites (tertiary alicyclic amines) is 1. The van der Waals surface area contributed by atoms with Crippen molar-refractivity contribution in [3.8, 4) is 0 Å². The van der Waals surface area contributed by atoms with Crippen LogP contribution in [0.1, 0.15) is 46.5 Å². The maximum atomic E-state index is 7.58. The Balaban J connectivity index is 2.32. The zero-order chi connectivity index (χ0) is 13.6. The van der Waals surface area contributed by atoms with Gasteiger partial charge in [-0.3, -0.25) is 5.41 Å². The van der Waals surface area contributed by atoms with E-state index in [9.17, 15) is 0 Å². The van der Waals surface area contributed by atoms with Gasteiger partial charge in [0, 0.05) is 18.6 Å². The molecular weight excluding hydrogens is 226 g/mol. The predicted molar refractivity (Wildman–Crippen MR) is 76.0 cm³/mol. The van der Waals surface area contributed by atoms with Crippen molar-refractivity contribution in [2.45, 2.75) is 52.6 Å². The van der Waals surface area contributed by atoms with E-state index in [2.05, 4.69) is 11.8 Å². The normalized spacial score (nSPS) is 22.1. The van der Waals surface area contributed by atoms with Crippen LogP contribution in [0.3, 0.4) is 0 Å². The number of hydrogen-bond acceptors (Lipinski definition) is 3. The molecule has 0 aliphatic carbocycles. The van der Waals surface area contributed by atoms with Crippen LogP contribution in [0.4, 0.5) is 0 Å². The maximum absolute atomic E-state index is 7.58. The molecule has 18 heavy (non-hydrogen) atoms. The summed E-state index contributed by atoms with van der Waals surface area (Å²) in [5.74, 6) is 0.290. The van der Waals surface area contributed by atoms with Crippen molar-refractivity contribution in [3.05, 3.63) is 0 Å². The Labute approximate surface area is 111 Å². The fraction of sp³-hybridized carbons (Fsp3) is 0.929. The lowest BCUT2D eigenvalue weighted by Crippen LogP contribution is -2.42. The topological polar surface area (TPSA) is 62.3 Å². The van der Waals surface area contributed by atoms with Gasteiger partial charge in [-0.25, -0.2) is 0 Å². The van der Waals surface area contributed by atoms with Crippen LogP contribution in [0.25, 0.3) is 0 Å². The second-order valence-corrected chi connectivity index (χ2v) is 5.98. The minimum absolute atomic E-state index is 0.183. The zero-order valence-electron chi connectivity index (χ0n) is 12.2. The molecule has 0 radical (unpaired) electrons. The lowest BCUT2D eigenvalue weighted by atomic mass is 9.87. The molecule has 1 aliphatic heterocycles. The van der Waals surface area contributed by atoms with Gasteiger partial charge >= 0.3 is 0 Å². The molecule has 0 bridgehead atoms. The van der Waals surface area contributed by atoms with Crippen LogP contribution in [0.5, 0.6) is 0 Å². The molecule has 0 aromatic rings. The summed E-state index contributed by atoms with van der Waals surface area (Å²) in [5, 5.41) is 7.58. The van der Waals surface area contributed by atoms with Crippen molar-refractivity contribution in [1.82, 2.24) is 4.90 Å². The van der Waals surface area contributed by atoms with E-state index < -0.39 is 0 Å². The molecule has 1 heterocycles. The highest BCUT2D eigenvalue weighted by Crippen LogP contribution is 2.22. The smallest absolute Gasteiger partial charge is 0.0963 e. The van der Waals surface area contributed by atoms with Crippen molar-refractivity contribution < 1.29 is 4.74 Å². The SMILES string of the molecule is CCCOC1CCCN(CCC(C)(C)C(=N)N)C1. The first-order chi connectivity index (χ1) is 8.45. The highest BCUT2D eigenvalue weighted by atomic mass is 16.5. The van der Waals surface area contributed by atoms with Gasteiger partial charge in [0.2, 0.25) is 0 Å². The third-order valence-electron chi connectivity index (χ3n) is 3.80. The third kappa shape index (κ3) is 4.94. The zero-order valence-corrected chi connectivity index (χ0v) is 12.2. The van der Waals surface area contributed by atoms with E-state index in [0.29, 0.717) is 11.9 Å². The van der Waals surface area contributed by atoms with Crippen molar-refractivity contribution in [3.63, 3.8) is 0 Å². The Hall–Kier alpha value is -0.610. The lowest BCUT2D eigenvalue weighted by molar-refractivity contribution is -0.00157. The minimum Gasteiger partial charge on any atom is -0.387 e. The molecule has 4 heteroatoms. The number of piperidine rings is 1. The fourth-order valence-corrected chi connectivity index (χ4v) is 2.21. The Bertz CT molecular complexity index is 266. The second-order valence-electron chi connectivity index (χ2n) is 5.98. The van der Waals surface area contributed by atoms with E-state index in [4.69, 9.17) is 15.9 Å². The van der Waals surface area contributed by atoms with Crippen LogP contribution >= 0.6 is 0 Å². The van der Waals surface area contributed by atoms with Crippen molar-refractivity contribution in [1.29, 1.82) is 5.41 Å².